The molecule has 2 rings (SSSR count). The van der Waals surface area contributed by atoms with Gasteiger partial charge < -0.3 is 15.8 Å². The molecule has 0 atom stereocenters. The Labute approximate surface area is 126 Å². The Hall–Kier alpha value is -1.78. The highest BCUT2D eigenvalue weighted by Crippen LogP contribution is 2.37. The summed E-state index contributed by atoms with van der Waals surface area (Å²) in [5.74, 6) is 1.02. The van der Waals surface area contributed by atoms with E-state index in [-0.39, 0.29) is 5.84 Å². The average Bonchev–Trinajstić information content (AvgIpc) is 2.45. The molecule has 0 aliphatic heterocycles. The summed E-state index contributed by atoms with van der Waals surface area (Å²) in [5, 5.41) is 11.9. The van der Waals surface area contributed by atoms with E-state index in [9.17, 15) is 0 Å². The van der Waals surface area contributed by atoms with Crippen molar-refractivity contribution >= 4 is 11.7 Å². The Bertz CT molecular complexity index is 529. The summed E-state index contributed by atoms with van der Waals surface area (Å²) >= 11 is 0. The minimum atomic E-state index is 0.125. The molecule has 0 aromatic carbocycles. The minimum Gasteiger partial charge on any atom is -0.409 e. The summed E-state index contributed by atoms with van der Waals surface area (Å²) in [6, 6.07) is 4.23. The lowest BCUT2D eigenvalue weighted by molar-refractivity contribution is 0.222. The van der Waals surface area contributed by atoms with Gasteiger partial charge in [0.1, 0.15) is 5.82 Å². The first-order chi connectivity index (χ1) is 9.82. The fourth-order valence-electron chi connectivity index (χ4n) is 3.00. The number of hydrogen-bond donors (Lipinski definition) is 2. The second kappa shape index (κ2) is 5.92. The van der Waals surface area contributed by atoms with Crippen LogP contribution in [0.1, 0.15) is 50.8 Å². The number of nitrogens with zero attached hydrogens (tertiary/aromatic N) is 3. The van der Waals surface area contributed by atoms with Crippen molar-refractivity contribution < 1.29 is 5.21 Å². The van der Waals surface area contributed by atoms with Crippen LogP contribution in [-0.4, -0.2) is 29.1 Å². The van der Waals surface area contributed by atoms with Gasteiger partial charge in [-0.15, -0.1) is 0 Å². The second-order valence-electron chi connectivity index (χ2n) is 6.85. The third-order valence-corrected chi connectivity index (χ3v) is 4.56. The number of hydrogen-bond acceptors (Lipinski definition) is 4. The fraction of sp³-hybridized carbons (Fsp3) is 0.625. The summed E-state index contributed by atoms with van der Waals surface area (Å²) in [6.45, 7) is 6.60. The number of aromatic nitrogens is 1. The van der Waals surface area contributed by atoms with Crippen molar-refractivity contribution in [1.29, 1.82) is 0 Å². The van der Waals surface area contributed by atoms with Crippen LogP contribution in [0.25, 0.3) is 0 Å². The summed E-state index contributed by atoms with van der Waals surface area (Å²) in [6.07, 6.45) is 4.83. The number of oxime groups is 1. The van der Waals surface area contributed by atoms with E-state index in [2.05, 4.69) is 35.9 Å². The van der Waals surface area contributed by atoms with Crippen LogP contribution < -0.4 is 10.6 Å². The molecule has 116 valence electrons. The van der Waals surface area contributed by atoms with E-state index in [1.54, 1.807) is 0 Å². The van der Waals surface area contributed by atoms with E-state index in [1.165, 1.54) is 25.7 Å². The molecule has 1 aromatic heterocycles. The molecule has 0 bridgehead atoms. The van der Waals surface area contributed by atoms with Crippen molar-refractivity contribution in [2.75, 3.05) is 11.9 Å². The van der Waals surface area contributed by atoms with Crippen LogP contribution in [0.2, 0.25) is 0 Å². The van der Waals surface area contributed by atoms with Gasteiger partial charge in [-0.2, -0.15) is 0 Å². The molecule has 1 aliphatic rings. The number of nitrogens with two attached hydrogens (primary N) is 1. The largest absolute Gasteiger partial charge is 0.409 e. The Kier molecular flexibility index (Phi) is 4.40. The van der Waals surface area contributed by atoms with E-state index in [1.807, 2.05) is 19.1 Å². The van der Waals surface area contributed by atoms with Gasteiger partial charge in [0, 0.05) is 24.3 Å². The van der Waals surface area contributed by atoms with Crippen molar-refractivity contribution in [3.63, 3.8) is 0 Å². The first-order valence-corrected chi connectivity index (χ1v) is 7.52. The zero-order chi connectivity index (χ0) is 15.6. The molecular formula is C16H26N4O. The Morgan fingerprint density at radius 1 is 1.38 bits per heavy atom. The smallest absolute Gasteiger partial charge is 0.170 e. The lowest BCUT2D eigenvalue weighted by Crippen LogP contribution is -2.37. The highest BCUT2D eigenvalue weighted by atomic mass is 16.4. The van der Waals surface area contributed by atoms with Crippen LogP contribution in [0.4, 0.5) is 5.82 Å². The van der Waals surface area contributed by atoms with Gasteiger partial charge in [0.15, 0.2) is 5.84 Å². The van der Waals surface area contributed by atoms with Crippen LogP contribution in [0.15, 0.2) is 17.3 Å². The number of amidine groups is 1. The van der Waals surface area contributed by atoms with E-state index in [0.29, 0.717) is 17.0 Å². The van der Waals surface area contributed by atoms with E-state index in [4.69, 9.17) is 10.9 Å². The van der Waals surface area contributed by atoms with Crippen molar-refractivity contribution in [2.45, 2.75) is 52.5 Å². The zero-order valence-electron chi connectivity index (χ0n) is 13.4. The first-order valence-electron chi connectivity index (χ1n) is 7.52. The topological polar surface area (TPSA) is 74.7 Å². The maximum Gasteiger partial charge on any atom is 0.170 e. The molecule has 3 N–H and O–H groups in total. The van der Waals surface area contributed by atoms with Gasteiger partial charge in [-0.05, 0) is 50.2 Å². The minimum absolute atomic E-state index is 0.125. The maximum absolute atomic E-state index is 8.84. The van der Waals surface area contributed by atoms with Crippen LogP contribution in [0, 0.1) is 12.3 Å². The van der Waals surface area contributed by atoms with Gasteiger partial charge in [-0.25, -0.2) is 4.98 Å². The number of pyridine rings is 1. The molecule has 5 heteroatoms. The molecule has 1 aromatic rings. The van der Waals surface area contributed by atoms with Crippen LogP contribution in [0.5, 0.6) is 0 Å². The molecule has 0 amide bonds. The normalized spacial score (nSPS) is 19.5. The van der Waals surface area contributed by atoms with Gasteiger partial charge in [-0.3, -0.25) is 0 Å². The molecule has 1 fully saturated rings. The number of anilines is 1. The zero-order valence-corrected chi connectivity index (χ0v) is 13.4. The number of rotatable bonds is 3. The van der Waals surface area contributed by atoms with Crippen molar-refractivity contribution in [3.05, 3.63) is 23.4 Å². The van der Waals surface area contributed by atoms with Crippen molar-refractivity contribution in [2.24, 2.45) is 16.3 Å². The highest BCUT2D eigenvalue weighted by molar-refractivity contribution is 5.97. The van der Waals surface area contributed by atoms with Gasteiger partial charge in [-0.1, -0.05) is 19.0 Å². The van der Waals surface area contributed by atoms with Crippen molar-refractivity contribution in [3.8, 4) is 0 Å². The van der Waals surface area contributed by atoms with E-state index in [0.717, 1.165) is 11.5 Å². The van der Waals surface area contributed by atoms with Crippen LogP contribution in [-0.2, 0) is 0 Å². The fourth-order valence-corrected chi connectivity index (χ4v) is 3.00. The summed E-state index contributed by atoms with van der Waals surface area (Å²) in [5.41, 5.74) is 7.74. The third-order valence-electron chi connectivity index (χ3n) is 4.56. The lowest BCUT2D eigenvalue weighted by atomic mass is 9.75. The molecular weight excluding hydrogens is 264 g/mol. The van der Waals surface area contributed by atoms with E-state index < -0.39 is 0 Å². The summed E-state index contributed by atoms with van der Waals surface area (Å²) in [4.78, 5) is 6.83. The Balaban J connectivity index is 2.20. The molecule has 1 saturated carbocycles. The molecule has 5 nitrogen and oxygen atoms in total. The number of aryl methyl sites for hydroxylation is 1. The molecule has 1 aliphatic carbocycles. The van der Waals surface area contributed by atoms with Gasteiger partial charge in [0.25, 0.3) is 0 Å². The Morgan fingerprint density at radius 3 is 2.57 bits per heavy atom. The molecule has 0 radical (unpaired) electrons. The van der Waals surface area contributed by atoms with E-state index >= 15 is 0 Å². The Morgan fingerprint density at radius 2 is 2.00 bits per heavy atom. The second-order valence-corrected chi connectivity index (χ2v) is 6.85. The predicted octanol–water partition coefficient (Wildman–Crippen LogP) is 2.89. The summed E-state index contributed by atoms with van der Waals surface area (Å²) < 4.78 is 0. The molecule has 0 unspecified atom stereocenters. The molecule has 21 heavy (non-hydrogen) atoms. The van der Waals surface area contributed by atoms with Gasteiger partial charge in [0.05, 0.1) is 0 Å². The first kappa shape index (κ1) is 15.6. The molecule has 1 heterocycles. The SMILES string of the molecule is Cc1cc(/C(N)=N/O)cc(N(C)C2CCC(C)(C)CC2)n1. The predicted molar refractivity (Wildman–Crippen MR) is 85.9 cm³/mol. The van der Waals surface area contributed by atoms with Crippen LogP contribution >= 0.6 is 0 Å². The summed E-state index contributed by atoms with van der Waals surface area (Å²) in [7, 11) is 2.08. The molecule has 0 saturated heterocycles. The monoisotopic (exact) mass is 290 g/mol. The standard InChI is InChI=1S/C16H26N4O/c1-11-9-12(15(17)19-21)10-14(18-11)20(4)13-5-7-16(2,3)8-6-13/h9-10,13,21H,5-8H2,1-4H3,(H2,17,19). The van der Waals surface area contributed by atoms with Crippen LogP contribution in [0.3, 0.4) is 0 Å². The van der Waals surface area contributed by atoms with Gasteiger partial charge in [0.2, 0.25) is 0 Å². The lowest BCUT2D eigenvalue weighted by Gasteiger charge is -2.39. The quantitative estimate of drug-likeness (QED) is 0.388. The maximum atomic E-state index is 8.84. The highest BCUT2D eigenvalue weighted by Gasteiger charge is 2.29. The third kappa shape index (κ3) is 3.65. The van der Waals surface area contributed by atoms with Gasteiger partial charge >= 0.3 is 0 Å². The molecule has 0 spiro atoms. The average molecular weight is 290 g/mol. The van der Waals surface area contributed by atoms with Crippen molar-refractivity contribution in [1.82, 2.24) is 4.98 Å².